The molecule has 3 aromatic heterocycles. The van der Waals surface area contributed by atoms with Gasteiger partial charge in [-0.05, 0) is 89.6 Å². The monoisotopic (exact) mass is 871 g/mol. The Balaban J connectivity index is 1.16. The Bertz CT molecular complexity index is 3170. The van der Waals surface area contributed by atoms with Gasteiger partial charge in [0, 0.05) is 56.3 Å². The summed E-state index contributed by atoms with van der Waals surface area (Å²) >= 11 is 2.01. The van der Waals surface area contributed by atoms with Crippen LogP contribution in [0.5, 0.6) is 0 Å². The molecule has 0 aliphatic carbocycles. The van der Waals surface area contributed by atoms with E-state index in [9.17, 15) is 0 Å². The molecule has 4 heterocycles. The number of imidazole rings is 1. The van der Waals surface area contributed by atoms with Crippen LogP contribution in [0.3, 0.4) is 0 Å². The molecule has 6 aromatic carbocycles. The van der Waals surface area contributed by atoms with Gasteiger partial charge in [-0.3, -0.25) is 0 Å². The third-order valence-electron chi connectivity index (χ3n) is 15.1. The molecule has 0 amide bonds. The molecule has 0 fully saturated rings. The van der Waals surface area contributed by atoms with E-state index in [4.69, 9.17) is 0 Å². The van der Waals surface area contributed by atoms with Crippen LogP contribution in [0.2, 0.25) is 0 Å². The fourth-order valence-electron chi connectivity index (χ4n) is 11.7. The fraction of sp³-hybridized carbons (Fsp3) is 0.311. The maximum absolute atomic E-state index is 2.73. The Morgan fingerprint density at radius 3 is 2.12 bits per heavy atom. The average Bonchev–Trinajstić information content (AvgIpc) is 3.86. The lowest BCUT2D eigenvalue weighted by atomic mass is 9.68. The maximum atomic E-state index is 2.73. The molecule has 328 valence electrons. The van der Waals surface area contributed by atoms with Gasteiger partial charge in [-0.2, -0.15) is 9.13 Å². The van der Waals surface area contributed by atoms with Crippen LogP contribution in [0, 0.1) is 0 Å². The quantitative estimate of drug-likeness (QED) is 0.102. The molecule has 1 aliphatic heterocycles. The van der Waals surface area contributed by atoms with Crippen LogP contribution in [-0.4, -0.2) is 4.57 Å². The highest BCUT2D eigenvalue weighted by Crippen LogP contribution is 2.52. The van der Waals surface area contributed by atoms with Gasteiger partial charge in [-0.15, -0.1) is 11.3 Å². The number of benzene rings is 6. The SMILES string of the molecule is CCCCc1ccc2c(c1)sc1c3c(ccc12)C(CCc1ccccc1-c1n(-c2c(C(C)C)cccc2C(C)C)c2ccccc2[n+]1C)C(CC)(CC)[n+]1ccc(-c2ccccc2)cc1-3. The Morgan fingerprint density at radius 2 is 1.38 bits per heavy atom. The highest BCUT2D eigenvalue weighted by atomic mass is 32.1. The van der Waals surface area contributed by atoms with Gasteiger partial charge in [-0.25, -0.2) is 4.57 Å². The summed E-state index contributed by atoms with van der Waals surface area (Å²) in [6.45, 7) is 16.5. The lowest BCUT2D eigenvalue weighted by Gasteiger charge is -2.40. The van der Waals surface area contributed by atoms with Crippen LogP contribution in [-0.2, 0) is 25.4 Å². The Labute approximate surface area is 391 Å². The third-order valence-corrected chi connectivity index (χ3v) is 16.3. The van der Waals surface area contributed by atoms with E-state index in [0.29, 0.717) is 17.8 Å². The Kier molecular flexibility index (Phi) is 11.6. The molecule has 10 rings (SSSR count). The minimum Gasteiger partial charge on any atom is -0.225 e. The smallest absolute Gasteiger partial charge is 0.225 e. The Hall–Kier alpha value is -5.84. The topological polar surface area (TPSA) is 12.7 Å². The van der Waals surface area contributed by atoms with Crippen molar-refractivity contribution in [1.29, 1.82) is 0 Å². The zero-order valence-electron chi connectivity index (χ0n) is 39.8. The van der Waals surface area contributed by atoms with Crippen molar-refractivity contribution < 1.29 is 9.13 Å². The molecule has 4 heteroatoms. The van der Waals surface area contributed by atoms with Crippen molar-refractivity contribution in [3.05, 3.63) is 174 Å². The second-order valence-electron chi connectivity index (χ2n) is 19.3. The van der Waals surface area contributed by atoms with Gasteiger partial charge < -0.3 is 0 Å². The van der Waals surface area contributed by atoms with Crippen molar-refractivity contribution in [2.24, 2.45) is 7.05 Å². The van der Waals surface area contributed by atoms with Crippen LogP contribution in [0.4, 0.5) is 0 Å². The van der Waals surface area contributed by atoms with Gasteiger partial charge in [0.15, 0.2) is 22.8 Å². The van der Waals surface area contributed by atoms with E-state index in [1.54, 1.807) is 0 Å². The first kappa shape index (κ1) is 43.1. The number of para-hydroxylation sites is 3. The predicted octanol–water partition coefficient (Wildman–Crippen LogP) is 15.9. The molecule has 0 bridgehead atoms. The zero-order chi connectivity index (χ0) is 45.0. The van der Waals surface area contributed by atoms with E-state index in [-0.39, 0.29) is 5.54 Å². The molecule has 9 aromatic rings. The second kappa shape index (κ2) is 17.5. The normalized spacial score (nSPS) is 14.5. The molecule has 65 heavy (non-hydrogen) atoms. The van der Waals surface area contributed by atoms with Gasteiger partial charge in [0.05, 0.1) is 24.1 Å². The number of aromatic nitrogens is 3. The second-order valence-corrected chi connectivity index (χ2v) is 20.4. The molecular weight excluding hydrogens is 807 g/mol. The summed E-state index contributed by atoms with van der Waals surface area (Å²) in [7, 11) is 2.27. The highest BCUT2D eigenvalue weighted by molar-refractivity contribution is 7.26. The first-order valence-corrected chi connectivity index (χ1v) is 25.3. The van der Waals surface area contributed by atoms with Crippen LogP contribution in [0.25, 0.3) is 70.7 Å². The molecule has 0 saturated carbocycles. The molecule has 0 N–H and O–H groups in total. The summed E-state index contributed by atoms with van der Waals surface area (Å²) in [5.74, 6) is 2.31. The summed E-state index contributed by atoms with van der Waals surface area (Å²) in [5, 5.41) is 2.77. The number of hydrogen-bond donors (Lipinski definition) is 0. The number of rotatable bonds is 13. The van der Waals surface area contributed by atoms with Crippen molar-refractivity contribution in [2.75, 3.05) is 0 Å². The largest absolute Gasteiger partial charge is 0.295 e. The summed E-state index contributed by atoms with van der Waals surface area (Å²) in [4.78, 5) is 0. The predicted molar refractivity (Wildman–Crippen MR) is 277 cm³/mol. The van der Waals surface area contributed by atoms with Crippen LogP contribution in [0.1, 0.15) is 126 Å². The first-order chi connectivity index (χ1) is 31.7. The average molecular weight is 872 g/mol. The third kappa shape index (κ3) is 7.15. The molecular formula is C61H65N3S+2. The molecule has 0 radical (unpaired) electrons. The Morgan fingerprint density at radius 1 is 0.677 bits per heavy atom. The number of unbranched alkanes of at least 4 members (excludes halogenated alkanes) is 1. The summed E-state index contributed by atoms with van der Waals surface area (Å²) in [5.41, 5.74) is 17.5. The van der Waals surface area contributed by atoms with E-state index < -0.39 is 0 Å². The molecule has 0 saturated heterocycles. The number of nitrogens with zero attached hydrogens (tertiary/aromatic N) is 3. The summed E-state index contributed by atoms with van der Waals surface area (Å²) in [6, 6.07) is 53.4. The molecule has 1 atom stereocenters. The maximum Gasteiger partial charge on any atom is 0.295 e. The van der Waals surface area contributed by atoms with Crippen molar-refractivity contribution in [3.63, 3.8) is 0 Å². The van der Waals surface area contributed by atoms with E-state index in [0.717, 1.165) is 32.1 Å². The van der Waals surface area contributed by atoms with Gasteiger partial charge in [0.1, 0.15) is 5.69 Å². The number of hydrogen-bond acceptors (Lipinski definition) is 1. The number of fused-ring (bicyclic) bond motifs is 8. The highest BCUT2D eigenvalue weighted by Gasteiger charge is 2.51. The van der Waals surface area contributed by atoms with Crippen molar-refractivity contribution >= 4 is 42.5 Å². The lowest BCUT2D eigenvalue weighted by Crippen LogP contribution is -2.62. The van der Waals surface area contributed by atoms with Crippen molar-refractivity contribution in [3.8, 4) is 39.5 Å². The van der Waals surface area contributed by atoms with Crippen molar-refractivity contribution in [2.45, 2.75) is 117 Å². The van der Waals surface area contributed by atoms with Crippen LogP contribution >= 0.6 is 11.3 Å². The number of thiophene rings is 1. The minimum absolute atomic E-state index is 0.0912. The van der Waals surface area contributed by atoms with Crippen LogP contribution < -0.4 is 9.13 Å². The molecule has 1 aliphatic rings. The summed E-state index contributed by atoms with van der Waals surface area (Å²) in [6.07, 6.45) is 10.1. The fourth-order valence-corrected chi connectivity index (χ4v) is 13.0. The zero-order valence-corrected chi connectivity index (χ0v) is 40.6. The van der Waals surface area contributed by atoms with Gasteiger partial charge in [0.25, 0.3) is 5.82 Å². The standard InChI is InChI=1S/C61H65N3S/c1-9-12-21-42-30-32-49-50-33-34-51-52(61(10-2,11-3)63-37-36-45(43-22-14-13-15-23-43)39-55(63)57(51)59(50)65-56(49)38-42)35-31-44-24-16-17-25-48(44)60-62(8)53-28-18-19-29-54(53)64(60)58-46(40(4)5)26-20-27-47(58)41(6)7/h13-20,22-30,32-34,36-41,52H,9-12,21,31,35H2,1-8H3/q+2. The first-order valence-electron chi connectivity index (χ1n) is 24.5. The van der Waals surface area contributed by atoms with Gasteiger partial charge >= 0.3 is 0 Å². The molecule has 3 nitrogen and oxygen atoms in total. The van der Waals surface area contributed by atoms with E-state index in [1.807, 2.05) is 11.3 Å². The molecule has 1 unspecified atom stereocenters. The van der Waals surface area contributed by atoms with E-state index in [1.165, 1.54) is 111 Å². The number of aryl methyl sites for hydroxylation is 3. The lowest BCUT2D eigenvalue weighted by molar-refractivity contribution is -0.762. The molecule has 0 spiro atoms. The van der Waals surface area contributed by atoms with Gasteiger partial charge in [0.2, 0.25) is 5.69 Å². The van der Waals surface area contributed by atoms with Gasteiger partial charge in [-0.1, -0.05) is 158 Å². The van der Waals surface area contributed by atoms with E-state index >= 15 is 0 Å². The van der Waals surface area contributed by atoms with E-state index in [2.05, 4.69) is 215 Å². The minimum atomic E-state index is -0.0912. The summed E-state index contributed by atoms with van der Waals surface area (Å²) < 4.78 is 10.6. The van der Waals surface area contributed by atoms with Crippen molar-refractivity contribution in [1.82, 2.24) is 4.57 Å². The van der Waals surface area contributed by atoms with Crippen LogP contribution in [0.15, 0.2) is 146 Å². The number of pyridine rings is 1.